The number of hydrogen-bond donors (Lipinski definition) is 1. The van der Waals surface area contributed by atoms with Gasteiger partial charge in [-0.1, -0.05) is 0 Å². The molecule has 0 radical (unpaired) electrons. The zero-order valence-corrected chi connectivity index (χ0v) is 13.7. The molecular formula is C16H23NO6. The van der Waals surface area contributed by atoms with Crippen molar-refractivity contribution in [1.29, 1.82) is 0 Å². The Balaban J connectivity index is 1.65. The van der Waals surface area contributed by atoms with Crippen LogP contribution >= 0.6 is 0 Å². The van der Waals surface area contributed by atoms with Gasteiger partial charge < -0.3 is 33.8 Å². The summed E-state index contributed by atoms with van der Waals surface area (Å²) in [4.78, 5) is 0. The monoisotopic (exact) mass is 325 g/mol. The van der Waals surface area contributed by atoms with Gasteiger partial charge in [0.1, 0.15) is 30.2 Å². The van der Waals surface area contributed by atoms with E-state index in [2.05, 4.69) is 0 Å². The van der Waals surface area contributed by atoms with Crippen LogP contribution < -0.4 is 5.73 Å². The van der Waals surface area contributed by atoms with E-state index in [1.54, 1.807) is 12.3 Å². The molecule has 0 spiro atoms. The van der Waals surface area contributed by atoms with Gasteiger partial charge in [-0.15, -0.1) is 0 Å². The van der Waals surface area contributed by atoms with Crippen LogP contribution in [0.2, 0.25) is 0 Å². The van der Waals surface area contributed by atoms with Crippen LogP contribution in [-0.4, -0.2) is 42.3 Å². The van der Waals surface area contributed by atoms with Gasteiger partial charge in [0.2, 0.25) is 0 Å². The predicted molar refractivity (Wildman–Crippen MR) is 78.2 cm³/mol. The van der Waals surface area contributed by atoms with Crippen molar-refractivity contribution in [2.45, 2.75) is 76.0 Å². The number of ether oxygens (including phenoxy) is 5. The van der Waals surface area contributed by atoms with Gasteiger partial charge in [0.05, 0.1) is 12.3 Å². The van der Waals surface area contributed by atoms with Crippen LogP contribution in [0.5, 0.6) is 0 Å². The summed E-state index contributed by atoms with van der Waals surface area (Å²) in [6.07, 6.45) is -0.425. The fourth-order valence-corrected chi connectivity index (χ4v) is 3.57. The number of fused-ring (bicyclic) bond motifs is 3. The van der Waals surface area contributed by atoms with E-state index in [4.69, 9.17) is 33.8 Å². The summed E-state index contributed by atoms with van der Waals surface area (Å²) in [6.45, 7) is 7.45. The van der Waals surface area contributed by atoms with Crippen molar-refractivity contribution in [1.82, 2.24) is 0 Å². The van der Waals surface area contributed by atoms with E-state index >= 15 is 0 Å². The first-order chi connectivity index (χ1) is 10.8. The van der Waals surface area contributed by atoms with Crippen LogP contribution in [0.25, 0.3) is 0 Å². The van der Waals surface area contributed by atoms with Crippen LogP contribution in [0.15, 0.2) is 22.8 Å². The lowest BCUT2D eigenvalue weighted by atomic mass is 9.93. The van der Waals surface area contributed by atoms with Crippen molar-refractivity contribution in [2.24, 2.45) is 5.73 Å². The number of hydrogen-bond acceptors (Lipinski definition) is 7. The molecule has 1 aromatic heterocycles. The third-order valence-electron chi connectivity index (χ3n) is 4.42. The minimum Gasteiger partial charge on any atom is -0.468 e. The van der Waals surface area contributed by atoms with E-state index in [-0.39, 0.29) is 18.3 Å². The standard InChI is InChI=1S/C16H23NO6/c1-15(2)20-11-10(9(17)8-6-5-7-18-8)19-14-13(12(11)21-15)22-16(3,4)23-14/h5-7,9-14H,17H2,1-4H3/t9-,10+,11-,12-,13+,14+/m0/s1. The minimum atomic E-state index is -0.736. The molecule has 128 valence electrons. The van der Waals surface area contributed by atoms with Gasteiger partial charge >= 0.3 is 0 Å². The first-order valence-corrected chi connectivity index (χ1v) is 7.91. The van der Waals surface area contributed by atoms with Gasteiger partial charge in [0.15, 0.2) is 17.9 Å². The molecule has 3 aliphatic heterocycles. The molecule has 7 heteroatoms. The average molecular weight is 325 g/mol. The largest absolute Gasteiger partial charge is 0.468 e. The van der Waals surface area contributed by atoms with Crippen molar-refractivity contribution in [3.63, 3.8) is 0 Å². The molecule has 4 rings (SSSR count). The Morgan fingerprint density at radius 1 is 0.957 bits per heavy atom. The third kappa shape index (κ3) is 2.61. The predicted octanol–water partition coefficient (Wildman–Crippen LogP) is 1.68. The minimum absolute atomic E-state index is 0.309. The first kappa shape index (κ1) is 15.6. The van der Waals surface area contributed by atoms with Crippen molar-refractivity contribution >= 4 is 0 Å². The Kier molecular flexibility index (Phi) is 3.39. The van der Waals surface area contributed by atoms with Crippen molar-refractivity contribution < 1.29 is 28.1 Å². The van der Waals surface area contributed by atoms with Gasteiger partial charge in [-0.25, -0.2) is 0 Å². The number of furan rings is 1. The second-order valence-electron chi connectivity index (χ2n) is 7.18. The molecule has 6 atom stereocenters. The summed E-state index contributed by atoms with van der Waals surface area (Å²) < 4.78 is 35.5. The van der Waals surface area contributed by atoms with E-state index in [1.807, 2.05) is 33.8 Å². The summed E-state index contributed by atoms with van der Waals surface area (Å²) >= 11 is 0. The molecule has 3 saturated heterocycles. The zero-order chi connectivity index (χ0) is 16.4. The second kappa shape index (κ2) is 5.02. The fraction of sp³-hybridized carbons (Fsp3) is 0.750. The Bertz CT molecular complexity index is 571. The van der Waals surface area contributed by atoms with Crippen LogP contribution in [-0.2, 0) is 23.7 Å². The molecule has 0 unspecified atom stereocenters. The highest BCUT2D eigenvalue weighted by Gasteiger charge is 2.61. The molecule has 3 aliphatic rings. The molecule has 3 fully saturated rings. The summed E-state index contributed by atoms with van der Waals surface area (Å²) in [5.74, 6) is -0.830. The molecule has 1 aromatic rings. The van der Waals surface area contributed by atoms with E-state index in [0.29, 0.717) is 5.76 Å². The second-order valence-corrected chi connectivity index (χ2v) is 7.18. The van der Waals surface area contributed by atoms with E-state index in [9.17, 15) is 0 Å². The summed E-state index contributed by atoms with van der Waals surface area (Å²) in [7, 11) is 0. The van der Waals surface area contributed by atoms with Crippen LogP contribution in [0, 0.1) is 0 Å². The third-order valence-corrected chi connectivity index (χ3v) is 4.42. The molecule has 0 amide bonds. The molecule has 2 N–H and O–H groups in total. The Morgan fingerprint density at radius 2 is 1.61 bits per heavy atom. The Hall–Kier alpha value is -0.960. The first-order valence-electron chi connectivity index (χ1n) is 7.91. The van der Waals surface area contributed by atoms with Crippen molar-refractivity contribution in [2.75, 3.05) is 0 Å². The summed E-state index contributed by atoms with van der Waals surface area (Å²) in [5, 5.41) is 0. The smallest absolute Gasteiger partial charge is 0.190 e. The maximum absolute atomic E-state index is 6.36. The van der Waals surface area contributed by atoms with Crippen LogP contribution in [0.4, 0.5) is 0 Å². The quantitative estimate of drug-likeness (QED) is 0.885. The van der Waals surface area contributed by atoms with Crippen molar-refractivity contribution in [3.05, 3.63) is 24.2 Å². The lowest BCUT2D eigenvalue weighted by Gasteiger charge is -2.39. The highest BCUT2D eigenvalue weighted by molar-refractivity contribution is 5.11. The molecule has 0 aromatic carbocycles. The number of nitrogens with two attached hydrogens (primary N) is 1. The molecule has 0 saturated carbocycles. The highest BCUT2D eigenvalue weighted by Crippen LogP contribution is 2.46. The number of rotatable bonds is 2. The van der Waals surface area contributed by atoms with Gasteiger partial charge in [-0.3, -0.25) is 0 Å². The highest BCUT2D eigenvalue weighted by atomic mass is 16.9. The van der Waals surface area contributed by atoms with Gasteiger partial charge in [-0.2, -0.15) is 0 Å². The van der Waals surface area contributed by atoms with E-state index in [1.165, 1.54) is 0 Å². The SMILES string of the molecule is CC1(C)O[C@@H]2[C@H](O1)[C@H]1OC(C)(C)O[C@H]1O[C@@H]2[C@@H](N)c1ccco1. The fourth-order valence-electron chi connectivity index (χ4n) is 3.57. The molecular weight excluding hydrogens is 302 g/mol. The maximum Gasteiger partial charge on any atom is 0.190 e. The summed E-state index contributed by atoms with van der Waals surface area (Å²) in [5.41, 5.74) is 6.36. The van der Waals surface area contributed by atoms with E-state index < -0.39 is 30.0 Å². The molecule has 7 nitrogen and oxygen atoms in total. The normalized spacial score (nSPS) is 42.2. The van der Waals surface area contributed by atoms with Gasteiger partial charge in [0, 0.05) is 0 Å². The average Bonchev–Trinajstić information content (AvgIpc) is 3.12. The molecule has 0 bridgehead atoms. The van der Waals surface area contributed by atoms with Gasteiger partial charge in [-0.05, 0) is 39.8 Å². The molecule has 4 heterocycles. The van der Waals surface area contributed by atoms with Crippen LogP contribution in [0.1, 0.15) is 39.5 Å². The Morgan fingerprint density at radius 3 is 2.30 bits per heavy atom. The van der Waals surface area contributed by atoms with Crippen LogP contribution in [0.3, 0.4) is 0 Å². The maximum atomic E-state index is 6.36. The molecule has 23 heavy (non-hydrogen) atoms. The van der Waals surface area contributed by atoms with Crippen molar-refractivity contribution in [3.8, 4) is 0 Å². The lowest BCUT2D eigenvalue weighted by molar-refractivity contribution is -0.239. The summed E-state index contributed by atoms with van der Waals surface area (Å²) in [6, 6.07) is 3.14. The molecule has 0 aliphatic carbocycles. The lowest BCUT2D eigenvalue weighted by Crippen LogP contribution is -2.57. The van der Waals surface area contributed by atoms with E-state index in [0.717, 1.165) is 0 Å². The van der Waals surface area contributed by atoms with Gasteiger partial charge in [0.25, 0.3) is 0 Å². The zero-order valence-electron chi connectivity index (χ0n) is 13.7. The topological polar surface area (TPSA) is 85.3 Å². The Labute approximate surface area is 134 Å².